The second-order valence-corrected chi connectivity index (χ2v) is 6.80. The van der Waals surface area contributed by atoms with Gasteiger partial charge < -0.3 is 9.84 Å². The SMILES string of the molecule is Cc1cc(-c2cn[nH]c2C2CCN(CC(=O)NC(C)C)CC2)on1. The highest BCUT2D eigenvalue weighted by Gasteiger charge is 2.26. The highest BCUT2D eigenvalue weighted by atomic mass is 16.5. The Balaban J connectivity index is 1.60. The summed E-state index contributed by atoms with van der Waals surface area (Å²) in [5, 5.41) is 14.2. The quantitative estimate of drug-likeness (QED) is 0.876. The number of nitrogens with zero attached hydrogens (tertiary/aromatic N) is 3. The van der Waals surface area contributed by atoms with Gasteiger partial charge in [0.1, 0.15) is 0 Å². The number of hydrogen-bond acceptors (Lipinski definition) is 5. The van der Waals surface area contributed by atoms with Gasteiger partial charge in [-0.15, -0.1) is 0 Å². The molecule has 24 heavy (non-hydrogen) atoms. The van der Waals surface area contributed by atoms with Crippen molar-refractivity contribution in [1.82, 2.24) is 25.6 Å². The van der Waals surface area contributed by atoms with Crippen LogP contribution in [0.3, 0.4) is 0 Å². The number of rotatable bonds is 5. The molecular weight excluding hydrogens is 306 g/mol. The topological polar surface area (TPSA) is 87.0 Å². The molecule has 0 unspecified atom stereocenters. The first kappa shape index (κ1) is 16.7. The van der Waals surface area contributed by atoms with Gasteiger partial charge in [-0.2, -0.15) is 5.10 Å². The van der Waals surface area contributed by atoms with Crippen LogP contribution in [0.15, 0.2) is 16.8 Å². The van der Waals surface area contributed by atoms with Crippen molar-refractivity contribution in [3.05, 3.63) is 23.7 Å². The summed E-state index contributed by atoms with van der Waals surface area (Å²) in [6.45, 7) is 8.16. The summed E-state index contributed by atoms with van der Waals surface area (Å²) in [5.41, 5.74) is 2.96. The van der Waals surface area contributed by atoms with E-state index in [0.717, 1.165) is 48.6 Å². The lowest BCUT2D eigenvalue weighted by molar-refractivity contribution is -0.123. The monoisotopic (exact) mass is 331 g/mol. The van der Waals surface area contributed by atoms with Crippen molar-refractivity contribution < 1.29 is 9.32 Å². The summed E-state index contributed by atoms with van der Waals surface area (Å²) >= 11 is 0. The Morgan fingerprint density at radius 3 is 2.83 bits per heavy atom. The van der Waals surface area contributed by atoms with Gasteiger partial charge in [0, 0.05) is 23.7 Å². The molecule has 0 saturated carbocycles. The Labute approximate surface area is 141 Å². The van der Waals surface area contributed by atoms with E-state index < -0.39 is 0 Å². The molecule has 0 bridgehead atoms. The molecule has 0 spiro atoms. The largest absolute Gasteiger partial charge is 0.356 e. The number of nitrogens with one attached hydrogen (secondary N) is 2. The van der Waals surface area contributed by atoms with E-state index in [0.29, 0.717) is 12.5 Å². The Hall–Kier alpha value is -2.15. The van der Waals surface area contributed by atoms with E-state index in [2.05, 4.69) is 25.6 Å². The van der Waals surface area contributed by atoms with E-state index >= 15 is 0 Å². The van der Waals surface area contributed by atoms with E-state index in [1.807, 2.05) is 26.8 Å². The van der Waals surface area contributed by atoms with Crippen LogP contribution >= 0.6 is 0 Å². The second-order valence-electron chi connectivity index (χ2n) is 6.80. The van der Waals surface area contributed by atoms with E-state index in [9.17, 15) is 4.79 Å². The lowest BCUT2D eigenvalue weighted by atomic mass is 9.91. The molecule has 1 amide bonds. The average Bonchev–Trinajstić information content (AvgIpc) is 3.15. The predicted molar refractivity (Wildman–Crippen MR) is 90.5 cm³/mol. The number of aromatic amines is 1. The van der Waals surface area contributed by atoms with Gasteiger partial charge in [-0.05, 0) is 46.7 Å². The summed E-state index contributed by atoms with van der Waals surface area (Å²) in [4.78, 5) is 14.1. The summed E-state index contributed by atoms with van der Waals surface area (Å²) in [7, 11) is 0. The number of piperidine rings is 1. The van der Waals surface area contributed by atoms with Crippen molar-refractivity contribution in [3.63, 3.8) is 0 Å². The van der Waals surface area contributed by atoms with Crippen molar-refractivity contribution in [2.24, 2.45) is 0 Å². The zero-order chi connectivity index (χ0) is 17.1. The zero-order valence-electron chi connectivity index (χ0n) is 14.5. The number of carbonyl (C=O) groups excluding carboxylic acids is 1. The first-order valence-corrected chi connectivity index (χ1v) is 8.51. The van der Waals surface area contributed by atoms with Gasteiger partial charge in [-0.25, -0.2) is 0 Å². The number of amides is 1. The molecule has 3 heterocycles. The third kappa shape index (κ3) is 3.84. The van der Waals surface area contributed by atoms with Crippen LogP contribution in [0.2, 0.25) is 0 Å². The summed E-state index contributed by atoms with van der Waals surface area (Å²) in [6.07, 6.45) is 3.80. The number of carbonyl (C=O) groups is 1. The van der Waals surface area contributed by atoms with Gasteiger partial charge in [-0.3, -0.25) is 14.8 Å². The second kappa shape index (κ2) is 7.17. The Morgan fingerprint density at radius 2 is 2.21 bits per heavy atom. The van der Waals surface area contributed by atoms with E-state index in [4.69, 9.17) is 4.52 Å². The number of H-pyrrole nitrogens is 1. The molecule has 7 heteroatoms. The molecule has 1 fully saturated rings. The maximum atomic E-state index is 11.9. The van der Waals surface area contributed by atoms with Crippen molar-refractivity contribution in [2.75, 3.05) is 19.6 Å². The fourth-order valence-electron chi connectivity index (χ4n) is 3.24. The van der Waals surface area contributed by atoms with Gasteiger partial charge in [-0.1, -0.05) is 5.16 Å². The van der Waals surface area contributed by atoms with Crippen LogP contribution in [0.5, 0.6) is 0 Å². The number of aromatic nitrogens is 3. The van der Waals surface area contributed by atoms with Crippen LogP contribution in [0.1, 0.15) is 44.0 Å². The minimum atomic E-state index is 0.0998. The molecule has 2 N–H and O–H groups in total. The lowest BCUT2D eigenvalue weighted by Gasteiger charge is -2.31. The third-order valence-corrected chi connectivity index (χ3v) is 4.37. The fourth-order valence-corrected chi connectivity index (χ4v) is 3.24. The van der Waals surface area contributed by atoms with Crippen LogP contribution in [0.25, 0.3) is 11.3 Å². The summed E-state index contributed by atoms with van der Waals surface area (Å²) in [6, 6.07) is 2.12. The van der Waals surface area contributed by atoms with Gasteiger partial charge in [0.2, 0.25) is 5.91 Å². The molecule has 1 saturated heterocycles. The molecule has 0 aromatic carbocycles. The van der Waals surface area contributed by atoms with E-state index in [-0.39, 0.29) is 11.9 Å². The molecule has 7 nitrogen and oxygen atoms in total. The predicted octanol–water partition coefficient (Wildman–Crippen LogP) is 2.08. The molecule has 1 aliphatic rings. The summed E-state index contributed by atoms with van der Waals surface area (Å²) in [5.74, 6) is 1.26. The Morgan fingerprint density at radius 1 is 1.46 bits per heavy atom. The van der Waals surface area contributed by atoms with Gasteiger partial charge in [0.15, 0.2) is 5.76 Å². The summed E-state index contributed by atoms with van der Waals surface area (Å²) < 4.78 is 5.38. The first-order valence-electron chi connectivity index (χ1n) is 8.51. The molecule has 130 valence electrons. The molecule has 3 rings (SSSR count). The average molecular weight is 331 g/mol. The molecule has 0 radical (unpaired) electrons. The zero-order valence-corrected chi connectivity index (χ0v) is 14.5. The number of aryl methyl sites for hydroxylation is 1. The maximum absolute atomic E-state index is 11.9. The third-order valence-electron chi connectivity index (χ3n) is 4.37. The van der Waals surface area contributed by atoms with Crippen LogP contribution in [0.4, 0.5) is 0 Å². The first-order chi connectivity index (χ1) is 11.5. The lowest BCUT2D eigenvalue weighted by Crippen LogP contribution is -2.43. The van der Waals surface area contributed by atoms with E-state index in [1.54, 1.807) is 6.20 Å². The van der Waals surface area contributed by atoms with Gasteiger partial charge in [0.05, 0.1) is 24.0 Å². The number of hydrogen-bond donors (Lipinski definition) is 2. The molecule has 0 aliphatic carbocycles. The minimum absolute atomic E-state index is 0.0998. The molecule has 2 aromatic rings. The molecule has 0 atom stereocenters. The van der Waals surface area contributed by atoms with Crippen LogP contribution in [0, 0.1) is 6.92 Å². The highest BCUT2D eigenvalue weighted by molar-refractivity contribution is 5.78. The van der Waals surface area contributed by atoms with Crippen LogP contribution in [-0.2, 0) is 4.79 Å². The highest BCUT2D eigenvalue weighted by Crippen LogP contribution is 2.33. The Bertz CT molecular complexity index is 683. The standard InChI is InChI=1S/C17H25N5O2/c1-11(2)19-16(23)10-22-6-4-13(5-7-22)17-14(9-18-20-17)15-8-12(3)21-24-15/h8-9,11,13H,4-7,10H2,1-3H3,(H,18,20)(H,19,23). The molecule has 2 aromatic heterocycles. The fraction of sp³-hybridized carbons (Fsp3) is 0.588. The van der Waals surface area contributed by atoms with Gasteiger partial charge in [0.25, 0.3) is 0 Å². The molecule has 1 aliphatic heterocycles. The van der Waals surface area contributed by atoms with Crippen molar-refractivity contribution in [3.8, 4) is 11.3 Å². The van der Waals surface area contributed by atoms with Gasteiger partial charge >= 0.3 is 0 Å². The number of likely N-dealkylation sites (tertiary alicyclic amines) is 1. The normalized spacial score (nSPS) is 16.7. The van der Waals surface area contributed by atoms with Crippen molar-refractivity contribution in [1.29, 1.82) is 0 Å². The van der Waals surface area contributed by atoms with E-state index in [1.165, 1.54) is 0 Å². The van der Waals surface area contributed by atoms with Crippen molar-refractivity contribution >= 4 is 5.91 Å². The maximum Gasteiger partial charge on any atom is 0.234 e. The van der Waals surface area contributed by atoms with Crippen molar-refractivity contribution in [2.45, 2.75) is 45.6 Å². The van der Waals surface area contributed by atoms with Crippen LogP contribution < -0.4 is 5.32 Å². The van der Waals surface area contributed by atoms with Crippen LogP contribution in [-0.4, -0.2) is 51.8 Å². The Kier molecular flexibility index (Phi) is 4.99. The molecular formula is C17H25N5O2. The smallest absolute Gasteiger partial charge is 0.234 e. The minimum Gasteiger partial charge on any atom is -0.356 e.